The Balaban J connectivity index is 1.43. The highest BCUT2D eigenvalue weighted by Gasteiger charge is 2.13. The van der Waals surface area contributed by atoms with Gasteiger partial charge in [-0.15, -0.1) is 0 Å². The Labute approximate surface area is 155 Å². The van der Waals surface area contributed by atoms with Gasteiger partial charge in [-0.3, -0.25) is 0 Å². The Morgan fingerprint density at radius 2 is 2.04 bits per heavy atom. The maximum absolute atomic E-state index is 14.3. The Morgan fingerprint density at radius 1 is 1.15 bits per heavy atom. The number of hydrogen-bond acceptors (Lipinski definition) is 6. The summed E-state index contributed by atoms with van der Waals surface area (Å²) in [6, 6.07) is 7.14. The van der Waals surface area contributed by atoms with Crippen molar-refractivity contribution < 1.29 is 4.39 Å². The molecule has 8 heteroatoms. The van der Waals surface area contributed by atoms with E-state index in [2.05, 4.69) is 25.2 Å². The molecule has 1 N–H and O–H groups in total. The van der Waals surface area contributed by atoms with Gasteiger partial charge in [-0.25, -0.2) is 19.3 Å². The fourth-order valence-electron chi connectivity index (χ4n) is 2.87. The summed E-state index contributed by atoms with van der Waals surface area (Å²) < 4.78 is 16.0. The third-order valence-corrected chi connectivity index (χ3v) is 5.20. The van der Waals surface area contributed by atoms with Crippen LogP contribution in [0.4, 0.5) is 16.0 Å². The summed E-state index contributed by atoms with van der Waals surface area (Å²) >= 11 is 1.96. The van der Waals surface area contributed by atoms with Gasteiger partial charge in [-0.05, 0) is 17.7 Å². The van der Waals surface area contributed by atoms with Crippen molar-refractivity contribution in [2.24, 2.45) is 0 Å². The molecule has 4 rings (SSSR count). The van der Waals surface area contributed by atoms with E-state index in [-0.39, 0.29) is 5.82 Å². The van der Waals surface area contributed by atoms with E-state index in [1.54, 1.807) is 35.7 Å². The lowest BCUT2D eigenvalue weighted by molar-refractivity contribution is 0.616. The Kier molecular flexibility index (Phi) is 5.01. The number of nitrogens with zero attached hydrogens (tertiary/aromatic N) is 5. The number of benzene rings is 1. The summed E-state index contributed by atoms with van der Waals surface area (Å²) in [5, 5.41) is 3.25. The Hall–Kier alpha value is -2.61. The van der Waals surface area contributed by atoms with Crippen LogP contribution in [0.3, 0.4) is 0 Å². The molecule has 3 heterocycles. The van der Waals surface area contributed by atoms with E-state index in [9.17, 15) is 4.39 Å². The van der Waals surface area contributed by atoms with Crippen LogP contribution in [0.2, 0.25) is 0 Å². The molecule has 134 valence electrons. The Bertz CT molecular complexity index is 864. The minimum Gasteiger partial charge on any atom is -0.366 e. The van der Waals surface area contributed by atoms with Crippen LogP contribution in [0.1, 0.15) is 5.56 Å². The molecule has 0 saturated carbocycles. The summed E-state index contributed by atoms with van der Waals surface area (Å²) in [4.78, 5) is 14.9. The minimum absolute atomic E-state index is 0.281. The average molecular weight is 370 g/mol. The fourth-order valence-corrected chi connectivity index (χ4v) is 3.78. The second-order valence-electron chi connectivity index (χ2n) is 5.97. The lowest BCUT2D eigenvalue weighted by Crippen LogP contribution is -2.33. The lowest BCUT2D eigenvalue weighted by Gasteiger charge is -2.27. The number of thioether (sulfide) groups is 1. The van der Waals surface area contributed by atoms with Crippen LogP contribution in [0.25, 0.3) is 5.69 Å². The molecule has 26 heavy (non-hydrogen) atoms. The normalized spacial score (nSPS) is 14.4. The van der Waals surface area contributed by atoms with Crippen LogP contribution >= 0.6 is 11.8 Å². The van der Waals surface area contributed by atoms with E-state index < -0.39 is 0 Å². The zero-order valence-corrected chi connectivity index (χ0v) is 15.0. The molecule has 1 fully saturated rings. The zero-order valence-electron chi connectivity index (χ0n) is 14.2. The van der Waals surface area contributed by atoms with Gasteiger partial charge in [0.25, 0.3) is 0 Å². The third-order valence-electron chi connectivity index (χ3n) is 4.26. The predicted octanol–water partition coefficient (Wildman–Crippen LogP) is 2.97. The molecule has 0 atom stereocenters. The van der Waals surface area contributed by atoms with Crippen molar-refractivity contribution >= 4 is 23.4 Å². The molecular formula is C18H19FN6S. The number of nitrogens with one attached hydrogen (secondary N) is 1. The highest BCUT2D eigenvalue weighted by Crippen LogP contribution is 2.20. The van der Waals surface area contributed by atoms with Gasteiger partial charge in [-0.1, -0.05) is 6.07 Å². The second kappa shape index (κ2) is 7.74. The summed E-state index contributed by atoms with van der Waals surface area (Å²) in [5.41, 5.74) is 1.33. The van der Waals surface area contributed by atoms with E-state index in [0.717, 1.165) is 41.8 Å². The molecule has 1 saturated heterocycles. The van der Waals surface area contributed by atoms with E-state index in [0.29, 0.717) is 12.2 Å². The number of halogens is 1. The van der Waals surface area contributed by atoms with Gasteiger partial charge < -0.3 is 14.8 Å². The standard InChI is InChI=1S/C18H19FN6S/c19-15-9-14(1-2-16(15)25-4-3-20-13-25)11-21-17-10-18(23-12-22-17)24-5-7-26-8-6-24/h1-4,9-10,12-13H,5-8,11H2,(H,21,22,23). The van der Waals surface area contributed by atoms with E-state index in [1.165, 1.54) is 6.07 Å². The maximum Gasteiger partial charge on any atom is 0.147 e. The van der Waals surface area contributed by atoms with Crippen LogP contribution in [-0.4, -0.2) is 44.1 Å². The van der Waals surface area contributed by atoms with Gasteiger partial charge >= 0.3 is 0 Å². The molecule has 0 radical (unpaired) electrons. The fraction of sp³-hybridized carbons (Fsp3) is 0.278. The van der Waals surface area contributed by atoms with Gasteiger partial charge in [0.15, 0.2) is 0 Å². The van der Waals surface area contributed by atoms with E-state index in [4.69, 9.17) is 0 Å². The topological polar surface area (TPSA) is 58.9 Å². The Morgan fingerprint density at radius 3 is 2.81 bits per heavy atom. The molecule has 0 amide bonds. The molecule has 0 unspecified atom stereocenters. The molecule has 1 aliphatic heterocycles. The lowest BCUT2D eigenvalue weighted by atomic mass is 10.2. The SMILES string of the molecule is Fc1cc(CNc2cc(N3CCSCC3)ncn2)ccc1-n1ccnc1. The first-order valence-corrected chi connectivity index (χ1v) is 9.60. The predicted molar refractivity (Wildman–Crippen MR) is 102 cm³/mol. The van der Waals surface area contributed by atoms with Crippen LogP contribution in [0, 0.1) is 5.82 Å². The van der Waals surface area contributed by atoms with Gasteiger partial charge in [0.05, 0.1) is 12.0 Å². The second-order valence-corrected chi connectivity index (χ2v) is 7.19. The van der Waals surface area contributed by atoms with Gasteiger partial charge in [0.2, 0.25) is 0 Å². The molecule has 6 nitrogen and oxygen atoms in total. The molecule has 0 aliphatic carbocycles. The van der Waals surface area contributed by atoms with Crippen molar-refractivity contribution in [1.82, 2.24) is 19.5 Å². The van der Waals surface area contributed by atoms with Crippen LogP contribution < -0.4 is 10.2 Å². The first kappa shape index (κ1) is 16.8. The zero-order chi connectivity index (χ0) is 17.8. The molecule has 1 aliphatic rings. The molecule has 2 aromatic heterocycles. The summed E-state index contributed by atoms with van der Waals surface area (Å²) in [7, 11) is 0. The van der Waals surface area contributed by atoms with Crippen molar-refractivity contribution in [3.63, 3.8) is 0 Å². The largest absolute Gasteiger partial charge is 0.366 e. The van der Waals surface area contributed by atoms with Gasteiger partial charge in [0.1, 0.15) is 23.8 Å². The van der Waals surface area contributed by atoms with E-state index in [1.807, 2.05) is 23.9 Å². The van der Waals surface area contributed by atoms with Gasteiger partial charge in [0, 0.05) is 49.6 Å². The van der Waals surface area contributed by atoms with Crippen molar-refractivity contribution in [2.75, 3.05) is 34.8 Å². The smallest absolute Gasteiger partial charge is 0.147 e. The number of imidazole rings is 1. The highest BCUT2D eigenvalue weighted by atomic mass is 32.2. The summed E-state index contributed by atoms with van der Waals surface area (Å²) in [6.07, 6.45) is 6.50. The number of hydrogen-bond donors (Lipinski definition) is 1. The van der Waals surface area contributed by atoms with Crippen molar-refractivity contribution in [3.05, 3.63) is 60.7 Å². The number of anilines is 2. The monoisotopic (exact) mass is 370 g/mol. The quantitative estimate of drug-likeness (QED) is 0.745. The van der Waals surface area contributed by atoms with Gasteiger partial charge in [-0.2, -0.15) is 11.8 Å². The van der Waals surface area contributed by atoms with Crippen LogP contribution in [0.15, 0.2) is 49.3 Å². The number of aromatic nitrogens is 4. The first-order chi connectivity index (χ1) is 12.8. The summed E-state index contributed by atoms with van der Waals surface area (Å²) in [6.45, 7) is 2.50. The number of rotatable bonds is 5. The molecule has 0 bridgehead atoms. The van der Waals surface area contributed by atoms with Crippen molar-refractivity contribution in [1.29, 1.82) is 0 Å². The average Bonchev–Trinajstić information content (AvgIpc) is 3.22. The third kappa shape index (κ3) is 3.80. The van der Waals surface area contributed by atoms with Crippen LogP contribution in [-0.2, 0) is 6.54 Å². The molecular weight excluding hydrogens is 351 g/mol. The summed E-state index contributed by atoms with van der Waals surface area (Å²) in [5.74, 6) is 3.64. The molecule has 3 aromatic rings. The van der Waals surface area contributed by atoms with Crippen LogP contribution in [0.5, 0.6) is 0 Å². The van der Waals surface area contributed by atoms with E-state index >= 15 is 0 Å². The van der Waals surface area contributed by atoms with Crippen molar-refractivity contribution in [2.45, 2.75) is 6.54 Å². The minimum atomic E-state index is -0.281. The molecule has 0 spiro atoms. The van der Waals surface area contributed by atoms with Crippen molar-refractivity contribution in [3.8, 4) is 5.69 Å². The molecule has 1 aromatic carbocycles. The maximum atomic E-state index is 14.3. The highest BCUT2D eigenvalue weighted by molar-refractivity contribution is 7.99. The first-order valence-electron chi connectivity index (χ1n) is 8.45.